The molecule has 16 nitrogen and oxygen atoms in total. The van der Waals surface area contributed by atoms with Gasteiger partial charge in [0, 0.05) is 5.75 Å². The van der Waals surface area contributed by atoms with Crippen LogP contribution in [-0.4, -0.2) is 175 Å². The van der Waals surface area contributed by atoms with Crippen molar-refractivity contribution in [3.05, 3.63) is 0 Å². The molecule has 0 radical (unpaired) electrons. The van der Waals surface area contributed by atoms with E-state index in [0.29, 0.717) is 0 Å². The Bertz CT molecular complexity index is 689. The van der Waals surface area contributed by atoms with Crippen LogP contribution in [0, 0.1) is 0 Å². The lowest BCUT2D eigenvalue weighted by Crippen LogP contribution is -2.65. The molecule has 10 N–H and O–H groups in total. The molecule has 3 aliphatic heterocycles. The molecular weight excluding hydrogens is 528 g/mol. The number of aliphatic hydroxyl groups is 10. The Kier molecular flexibility index (Phi) is 11.7. The Labute approximate surface area is 216 Å². The third-order valence-corrected chi connectivity index (χ3v) is 6.61. The number of ether oxygens (including phenoxy) is 6. The van der Waals surface area contributed by atoms with Gasteiger partial charge in [-0.3, -0.25) is 0 Å². The van der Waals surface area contributed by atoms with Crippen molar-refractivity contribution in [1.29, 1.82) is 0 Å². The van der Waals surface area contributed by atoms with Gasteiger partial charge in [0.1, 0.15) is 73.2 Å². The smallest absolute Gasteiger partial charge is 0.187 e. The van der Waals surface area contributed by atoms with Crippen molar-refractivity contribution in [3.8, 4) is 0 Å². The zero-order valence-corrected chi connectivity index (χ0v) is 20.5. The summed E-state index contributed by atoms with van der Waals surface area (Å²) in [4.78, 5) is 0. The van der Waals surface area contributed by atoms with Crippen LogP contribution in [0.15, 0.2) is 0 Å². The quantitative estimate of drug-likeness (QED) is 0.110. The van der Waals surface area contributed by atoms with E-state index in [4.69, 9.17) is 28.4 Å². The van der Waals surface area contributed by atoms with Crippen molar-refractivity contribution in [2.45, 2.75) is 92.1 Å². The zero-order valence-electron chi connectivity index (χ0n) is 19.6. The minimum atomic E-state index is -1.82. The highest BCUT2D eigenvalue weighted by Gasteiger charge is 2.52. The third kappa shape index (κ3) is 6.90. The molecule has 0 aromatic carbocycles. The summed E-state index contributed by atoms with van der Waals surface area (Å²) < 4.78 is 32.5. The van der Waals surface area contributed by atoms with Gasteiger partial charge in [-0.25, -0.2) is 0 Å². The van der Waals surface area contributed by atoms with Gasteiger partial charge in [-0.2, -0.15) is 12.6 Å². The predicted octanol–water partition coefficient (Wildman–Crippen LogP) is -6.62. The van der Waals surface area contributed by atoms with Gasteiger partial charge in [0.25, 0.3) is 0 Å². The van der Waals surface area contributed by atoms with Gasteiger partial charge < -0.3 is 79.5 Å². The van der Waals surface area contributed by atoms with E-state index >= 15 is 0 Å². The molecule has 3 fully saturated rings. The fourth-order valence-electron chi connectivity index (χ4n) is 4.24. The second kappa shape index (κ2) is 13.9. The van der Waals surface area contributed by atoms with Gasteiger partial charge in [-0.05, 0) is 0 Å². The molecule has 0 aromatic rings. The standard InChI is InChI=1S/C20H36O16S/c21-3-6-9(23)12(26)14(28)18(33-6)32-5-8-11(25)17(16(30)19(35-8)31-1-2-37)36-20-15(29)13(27)10(24)7(4-22)34-20/h6-30,37H,1-5H2. The molecule has 218 valence electrons. The first-order chi connectivity index (χ1) is 17.5. The molecule has 0 bridgehead atoms. The maximum Gasteiger partial charge on any atom is 0.187 e. The zero-order chi connectivity index (χ0) is 27.4. The Morgan fingerprint density at radius 2 is 1.03 bits per heavy atom. The van der Waals surface area contributed by atoms with E-state index in [0.717, 1.165) is 0 Å². The van der Waals surface area contributed by atoms with E-state index in [-0.39, 0.29) is 12.4 Å². The Balaban J connectivity index is 1.73. The van der Waals surface area contributed by atoms with Crippen molar-refractivity contribution in [2.75, 3.05) is 32.2 Å². The number of rotatable bonds is 10. The minimum Gasteiger partial charge on any atom is -0.394 e. The fraction of sp³-hybridized carbons (Fsp3) is 1.00. The third-order valence-electron chi connectivity index (χ3n) is 6.43. The molecular formula is C20H36O16S. The summed E-state index contributed by atoms with van der Waals surface area (Å²) in [6.07, 6.45) is -23.7. The van der Waals surface area contributed by atoms with E-state index in [1.54, 1.807) is 0 Å². The van der Waals surface area contributed by atoms with E-state index in [1.165, 1.54) is 0 Å². The summed E-state index contributed by atoms with van der Waals surface area (Å²) in [5, 5.41) is 101. The number of hydrogen-bond acceptors (Lipinski definition) is 17. The van der Waals surface area contributed by atoms with Crippen LogP contribution < -0.4 is 0 Å². The van der Waals surface area contributed by atoms with Crippen LogP contribution in [0.1, 0.15) is 0 Å². The van der Waals surface area contributed by atoms with Crippen LogP contribution >= 0.6 is 12.6 Å². The van der Waals surface area contributed by atoms with Crippen molar-refractivity contribution < 1.29 is 79.5 Å². The lowest BCUT2D eigenvalue weighted by Gasteiger charge is -2.46. The van der Waals surface area contributed by atoms with Crippen molar-refractivity contribution in [2.24, 2.45) is 0 Å². The number of aliphatic hydroxyl groups excluding tert-OH is 10. The van der Waals surface area contributed by atoms with Crippen LogP contribution in [0.4, 0.5) is 0 Å². The maximum atomic E-state index is 10.9. The molecule has 0 aromatic heterocycles. The average molecular weight is 565 g/mol. The number of thiol groups is 1. The SMILES string of the molecule is OCC1OC(OCC2OC(OCCS)C(O)C(OC3OC(CO)C(O)C(O)C3O)C2O)C(O)C(O)C1O. The molecule has 0 aliphatic carbocycles. The van der Waals surface area contributed by atoms with E-state index in [2.05, 4.69) is 12.6 Å². The molecule has 3 aliphatic rings. The van der Waals surface area contributed by atoms with Crippen LogP contribution in [0.2, 0.25) is 0 Å². The van der Waals surface area contributed by atoms with E-state index in [1.807, 2.05) is 0 Å². The first kappa shape index (κ1) is 31.2. The van der Waals surface area contributed by atoms with Gasteiger partial charge in [0.15, 0.2) is 18.9 Å². The summed E-state index contributed by atoms with van der Waals surface area (Å²) in [5.74, 6) is 0.236. The fourth-order valence-corrected chi connectivity index (χ4v) is 4.34. The normalized spacial score (nSPS) is 49.2. The van der Waals surface area contributed by atoms with Crippen LogP contribution in [0.5, 0.6) is 0 Å². The predicted molar refractivity (Wildman–Crippen MR) is 119 cm³/mol. The maximum absolute atomic E-state index is 10.9. The summed E-state index contributed by atoms with van der Waals surface area (Å²) in [7, 11) is 0. The second-order valence-electron chi connectivity index (χ2n) is 8.95. The highest BCUT2D eigenvalue weighted by molar-refractivity contribution is 7.80. The molecule has 0 amide bonds. The lowest BCUT2D eigenvalue weighted by molar-refractivity contribution is -0.365. The molecule has 0 spiro atoms. The summed E-state index contributed by atoms with van der Waals surface area (Å²) >= 11 is 4.02. The Hall–Kier alpha value is -0.290. The van der Waals surface area contributed by atoms with Crippen molar-refractivity contribution in [1.82, 2.24) is 0 Å². The topological polar surface area (TPSA) is 258 Å². The Morgan fingerprint density at radius 3 is 1.57 bits per heavy atom. The molecule has 15 unspecified atom stereocenters. The highest BCUT2D eigenvalue weighted by Crippen LogP contribution is 2.30. The monoisotopic (exact) mass is 564 g/mol. The van der Waals surface area contributed by atoms with E-state index < -0.39 is 112 Å². The van der Waals surface area contributed by atoms with Crippen molar-refractivity contribution in [3.63, 3.8) is 0 Å². The summed E-state index contributed by atoms with van der Waals surface area (Å²) in [6.45, 7) is -1.94. The van der Waals surface area contributed by atoms with E-state index in [9.17, 15) is 51.1 Å². The summed E-state index contributed by atoms with van der Waals surface area (Å²) in [6, 6.07) is 0. The first-order valence-electron chi connectivity index (χ1n) is 11.7. The van der Waals surface area contributed by atoms with Gasteiger partial charge in [-0.15, -0.1) is 0 Å². The van der Waals surface area contributed by atoms with Gasteiger partial charge >= 0.3 is 0 Å². The molecule has 15 atom stereocenters. The molecule has 0 saturated carbocycles. The van der Waals surface area contributed by atoms with Crippen LogP contribution in [-0.2, 0) is 28.4 Å². The molecule has 3 heterocycles. The van der Waals surface area contributed by atoms with Gasteiger partial charge in [0.2, 0.25) is 0 Å². The average Bonchev–Trinajstić information content (AvgIpc) is 2.89. The van der Waals surface area contributed by atoms with Gasteiger partial charge in [0.05, 0.1) is 26.4 Å². The van der Waals surface area contributed by atoms with Gasteiger partial charge in [-0.1, -0.05) is 0 Å². The van der Waals surface area contributed by atoms with Crippen molar-refractivity contribution >= 4 is 12.6 Å². The summed E-state index contributed by atoms with van der Waals surface area (Å²) in [5.41, 5.74) is 0. The highest BCUT2D eigenvalue weighted by atomic mass is 32.1. The first-order valence-corrected chi connectivity index (χ1v) is 12.3. The minimum absolute atomic E-state index is 0.00792. The second-order valence-corrected chi connectivity index (χ2v) is 9.39. The Morgan fingerprint density at radius 1 is 0.541 bits per heavy atom. The van der Waals surface area contributed by atoms with Crippen LogP contribution in [0.3, 0.4) is 0 Å². The lowest BCUT2D eigenvalue weighted by atomic mass is 9.96. The van der Waals surface area contributed by atoms with Crippen LogP contribution in [0.25, 0.3) is 0 Å². The molecule has 17 heteroatoms. The molecule has 3 saturated heterocycles. The largest absolute Gasteiger partial charge is 0.394 e. The molecule has 3 rings (SSSR count). The number of hydrogen-bond donors (Lipinski definition) is 11. The molecule has 37 heavy (non-hydrogen) atoms.